The Morgan fingerprint density at radius 1 is 0.905 bits per heavy atom. The number of likely N-dealkylation sites (tertiary alicyclic amines) is 1. The Kier molecular flexibility index (Phi) is 8.65. The monoisotopic (exact) mass is 584 g/mol. The van der Waals surface area contributed by atoms with Crippen LogP contribution in [0, 0.1) is 11.3 Å². The van der Waals surface area contributed by atoms with E-state index in [9.17, 15) is 18.0 Å². The normalized spacial score (nSPS) is 14.8. The summed E-state index contributed by atoms with van der Waals surface area (Å²) in [5.74, 6) is -0.752. The fourth-order valence-corrected chi connectivity index (χ4v) is 6.34. The van der Waals surface area contributed by atoms with Crippen molar-refractivity contribution < 1.29 is 22.7 Å². The Hall–Kier alpha value is -4.54. The second-order valence-corrected chi connectivity index (χ2v) is 12.0. The van der Waals surface area contributed by atoms with Gasteiger partial charge in [0.2, 0.25) is 15.9 Å². The second kappa shape index (κ2) is 12.5. The number of rotatable bonds is 9. The van der Waals surface area contributed by atoms with E-state index in [0.29, 0.717) is 29.7 Å². The minimum atomic E-state index is -4.08. The number of nitrogens with zero attached hydrogens (tertiary/aromatic N) is 1. The van der Waals surface area contributed by atoms with Crippen LogP contribution in [0.15, 0.2) is 102 Å². The summed E-state index contributed by atoms with van der Waals surface area (Å²) in [6, 6.07) is 26.8. The van der Waals surface area contributed by atoms with Gasteiger partial charge in [-0.25, -0.2) is 8.42 Å². The Balaban J connectivity index is 1.34. The number of hydrogen-bond acceptors (Lipinski definition) is 6. The first-order valence-electron chi connectivity index (χ1n) is 13.7. The number of amides is 1. The van der Waals surface area contributed by atoms with Crippen molar-refractivity contribution in [1.29, 1.82) is 5.41 Å². The number of sulfonamides is 1. The highest BCUT2D eigenvalue weighted by molar-refractivity contribution is 7.89. The number of nitrogen functional groups attached to an aromatic ring is 1. The van der Waals surface area contributed by atoms with E-state index < -0.39 is 16.1 Å². The lowest BCUT2D eigenvalue weighted by atomic mass is 9.95. The van der Waals surface area contributed by atoms with Crippen molar-refractivity contribution in [3.05, 3.63) is 108 Å². The van der Waals surface area contributed by atoms with E-state index in [2.05, 4.69) is 4.72 Å². The minimum absolute atomic E-state index is 0.0545. The maximum atomic E-state index is 13.8. The number of para-hydroxylation sites is 1. The Morgan fingerprint density at radius 3 is 2.31 bits per heavy atom. The third-order valence-electron chi connectivity index (χ3n) is 7.41. The molecule has 5 rings (SSSR count). The van der Waals surface area contributed by atoms with Gasteiger partial charge in [-0.1, -0.05) is 66.7 Å². The van der Waals surface area contributed by atoms with E-state index in [4.69, 9.17) is 15.9 Å². The van der Waals surface area contributed by atoms with Gasteiger partial charge in [-0.15, -0.1) is 0 Å². The molecule has 216 valence electrons. The molecule has 0 bridgehead atoms. The van der Waals surface area contributed by atoms with E-state index in [-0.39, 0.29) is 48.0 Å². The van der Waals surface area contributed by atoms with E-state index in [1.807, 2.05) is 30.3 Å². The van der Waals surface area contributed by atoms with Crippen LogP contribution < -0.4 is 15.2 Å². The first-order valence-corrected chi connectivity index (χ1v) is 15.2. The molecule has 1 aliphatic rings. The van der Waals surface area contributed by atoms with Crippen LogP contribution in [-0.2, 0) is 26.0 Å². The van der Waals surface area contributed by atoms with Gasteiger partial charge in [0.25, 0.3) is 0 Å². The van der Waals surface area contributed by atoms with Gasteiger partial charge in [0.15, 0.2) is 0 Å². The zero-order valence-electron chi connectivity index (χ0n) is 22.9. The molecule has 0 saturated carbocycles. The van der Waals surface area contributed by atoms with Gasteiger partial charge in [0.05, 0.1) is 10.8 Å². The number of amidine groups is 1. The number of carbonyl (C=O) groups excluding carboxylic acids is 2. The van der Waals surface area contributed by atoms with Crippen LogP contribution in [-0.4, -0.2) is 50.2 Å². The molecule has 1 fully saturated rings. The van der Waals surface area contributed by atoms with Gasteiger partial charge >= 0.3 is 5.97 Å². The molecule has 1 aliphatic heterocycles. The minimum Gasteiger partial charge on any atom is -0.426 e. The lowest BCUT2D eigenvalue weighted by Crippen LogP contribution is -2.52. The summed E-state index contributed by atoms with van der Waals surface area (Å²) in [4.78, 5) is 28.2. The van der Waals surface area contributed by atoms with Crippen molar-refractivity contribution in [2.24, 2.45) is 11.7 Å². The van der Waals surface area contributed by atoms with Crippen LogP contribution in [0.25, 0.3) is 10.8 Å². The third kappa shape index (κ3) is 6.84. The van der Waals surface area contributed by atoms with Crippen LogP contribution in [0.5, 0.6) is 5.75 Å². The maximum absolute atomic E-state index is 13.8. The van der Waals surface area contributed by atoms with Gasteiger partial charge in [-0.05, 0) is 65.9 Å². The largest absolute Gasteiger partial charge is 0.426 e. The molecular formula is C32H32N4O5S. The summed E-state index contributed by atoms with van der Waals surface area (Å²) < 4.78 is 35.2. The highest BCUT2D eigenvalue weighted by atomic mass is 32.2. The zero-order chi connectivity index (χ0) is 29.7. The second-order valence-electron chi connectivity index (χ2n) is 10.3. The van der Waals surface area contributed by atoms with Crippen LogP contribution in [0.2, 0.25) is 0 Å². The number of ether oxygens (including phenoxy) is 1. The standard InChI is InChI=1S/C32H32N4O5S/c33-30(34)26-10-6-7-22(19-26)20-29(35-42(39,40)28-14-13-23-8-4-5-9-25(23)21-28)31(37)36-17-15-24(16-18-36)32(38)41-27-11-2-1-3-12-27/h1-14,19,21,24,29,35H,15-18,20H2,(H3,33,34). The van der Waals surface area contributed by atoms with Crippen molar-refractivity contribution in [2.45, 2.75) is 30.2 Å². The summed E-state index contributed by atoms with van der Waals surface area (Å²) in [5.41, 5.74) is 6.79. The molecule has 0 radical (unpaired) electrons. The topological polar surface area (TPSA) is 143 Å². The number of esters is 1. The van der Waals surface area contributed by atoms with Gasteiger partial charge in [-0.2, -0.15) is 4.72 Å². The molecule has 1 saturated heterocycles. The maximum Gasteiger partial charge on any atom is 0.314 e. The number of benzene rings is 4. The van der Waals surface area contributed by atoms with Gasteiger partial charge < -0.3 is 15.4 Å². The number of hydrogen-bond donors (Lipinski definition) is 3. The Morgan fingerprint density at radius 2 is 1.60 bits per heavy atom. The number of fused-ring (bicyclic) bond motifs is 1. The van der Waals surface area contributed by atoms with Crippen molar-refractivity contribution >= 4 is 38.5 Å². The molecule has 9 nitrogen and oxygen atoms in total. The lowest BCUT2D eigenvalue weighted by molar-refractivity contribution is -0.143. The summed E-state index contributed by atoms with van der Waals surface area (Å²) >= 11 is 0. The fourth-order valence-electron chi connectivity index (χ4n) is 5.11. The van der Waals surface area contributed by atoms with E-state index in [1.165, 1.54) is 6.07 Å². The predicted octanol–water partition coefficient (Wildman–Crippen LogP) is 3.86. The number of nitrogens with two attached hydrogens (primary N) is 1. The van der Waals surface area contributed by atoms with Crippen molar-refractivity contribution in [3.63, 3.8) is 0 Å². The van der Waals surface area contributed by atoms with Crippen LogP contribution in [0.1, 0.15) is 24.0 Å². The number of carbonyl (C=O) groups is 2. The SMILES string of the molecule is N=C(N)c1cccc(CC(NS(=O)(=O)c2ccc3ccccc3c2)C(=O)N2CCC(C(=O)Oc3ccccc3)CC2)c1. The highest BCUT2D eigenvalue weighted by Crippen LogP contribution is 2.23. The van der Waals surface area contributed by atoms with Gasteiger partial charge in [0, 0.05) is 18.7 Å². The molecule has 10 heteroatoms. The van der Waals surface area contributed by atoms with E-state index >= 15 is 0 Å². The van der Waals surface area contributed by atoms with Crippen LogP contribution in [0.3, 0.4) is 0 Å². The van der Waals surface area contributed by atoms with Gasteiger partial charge in [-0.3, -0.25) is 15.0 Å². The summed E-state index contributed by atoms with van der Waals surface area (Å²) in [5, 5.41) is 9.43. The van der Waals surface area contributed by atoms with E-state index in [0.717, 1.165) is 10.8 Å². The van der Waals surface area contributed by atoms with Crippen molar-refractivity contribution in [3.8, 4) is 5.75 Å². The van der Waals surface area contributed by atoms with Crippen molar-refractivity contribution in [2.75, 3.05) is 13.1 Å². The van der Waals surface area contributed by atoms with Crippen LogP contribution in [0.4, 0.5) is 0 Å². The molecule has 4 aromatic carbocycles. The Labute approximate surface area is 244 Å². The fraction of sp³-hybridized carbons (Fsp3) is 0.219. The van der Waals surface area contributed by atoms with Crippen molar-refractivity contribution in [1.82, 2.24) is 9.62 Å². The average Bonchev–Trinajstić information content (AvgIpc) is 3.00. The smallest absolute Gasteiger partial charge is 0.314 e. The molecule has 0 aromatic heterocycles. The molecular weight excluding hydrogens is 552 g/mol. The summed E-state index contributed by atoms with van der Waals surface area (Å²) in [6.07, 6.45) is 0.867. The van der Waals surface area contributed by atoms with Gasteiger partial charge in [0.1, 0.15) is 17.6 Å². The third-order valence-corrected chi connectivity index (χ3v) is 8.88. The first-order chi connectivity index (χ1) is 20.2. The zero-order valence-corrected chi connectivity index (χ0v) is 23.7. The summed E-state index contributed by atoms with van der Waals surface area (Å²) in [7, 11) is -4.08. The molecule has 1 atom stereocenters. The lowest BCUT2D eigenvalue weighted by Gasteiger charge is -2.33. The average molecular weight is 585 g/mol. The molecule has 4 N–H and O–H groups in total. The molecule has 1 heterocycles. The quantitative estimate of drug-likeness (QED) is 0.118. The Bertz CT molecular complexity index is 1720. The highest BCUT2D eigenvalue weighted by Gasteiger charge is 2.34. The molecule has 42 heavy (non-hydrogen) atoms. The summed E-state index contributed by atoms with van der Waals surface area (Å²) in [6.45, 7) is 0.574. The molecule has 4 aromatic rings. The molecule has 0 aliphatic carbocycles. The van der Waals surface area contributed by atoms with Crippen LogP contribution >= 0.6 is 0 Å². The number of piperidine rings is 1. The predicted molar refractivity (Wildman–Crippen MR) is 161 cm³/mol. The first kappa shape index (κ1) is 29.0. The van der Waals surface area contributed by atoms with E-state index in [1.54, 1.807) is 65.6 Å². The molecule has 1 amide bonds. The molecule has 1 unspecified atom stereocenters. The molecule has 0 spiro atoms. The number of nitrogens with one attached hydrogen (secondary N) is 2.